The van der Waals surface area contributed by atoms with Gasteiger partial charge in [-0.1, -0.05) is 48.5 Å². The van der Waals surface area contributed by atoms with Crippen LogP contribution in [0.15, 0.2) is 60.7 Å². The minimum atomic E-state index is -3.74. The molecule has 0 bridgehead atoms. The summed E-state index contributed by atoms with van der Waals surface area (Å²) in [5.41, 5.74) is 0.641. The van der Waals surface area contributed by atoms with Gasteiger partial charge in [0.15, 0.2) is 6.10 Å². The minimum absolute atomic E-state index is 0.175. The van der Waals surface area contributed by atoms with E-state index in [1.165, 1.54) is 7.11 Å². The van der Waals surface area contributed by atoms with Crippen molar-refractivity contribution in [3.05, 3.63) is 66.2 Å². The summed E-state index contributed by atoms with van der Waals surface area (Å²) in [6.07, 6.45) is -1.14. The van der Waals surface area contributed by atoms with E-state index in [0.717, 1.165) is 11.3 Å². The summed E-state index contributed by atoms with van der Waals surface area (Å²) in [5.74, 6) is -0.631. The fourth-order valence-electron chi connectivity index (χ4n) is 3.54. The van der Waals surface area contributed by atoms with Crippen LogP contribution in [0.5, 0.6) is 0 Å². The first-order valence-electron chi connectivity index (χ1n) is 9.58. The number of anilines is 1. The molecule has 0 N–H and O–H groups in total. The van der Waals surface area contributed by atoms with Gasteiger partial charge in [-0.15, -0.1) is 0 Å². The summed E-state index contributed by atoms with van der Waals surface area (Å²) in [6, 6.07) is 18.2. The second-order valence-electron chi connectivity index (χ2n) is 6.43. The van der Waals surface area contributed by atoms with Gasteiger partial charge in [-0.05, 0) is 31.5 Å². The molecule has 7 nitrogen and oxygen atoms in total. The highest BCUT2D eigenvalue weighted by molar-refractivity contribution is 7.54. The molecular weight excluding hydrogens is 393 g/mol. The zero-order valence-electron chi connectivity index (χ0n) is 16.8. The number of para-hydroxylation sites is 1. The molecule has 8 heteroatoms. The third-order valence-corrected chi connectivity index (χ3v) is 7.20. The lowest BCUT2D eigenvalue weighted by atomic mass is 10.0. The third kappa shape index (κ3) is 4.38. The molecule has 2 aromatic rings. The Bertz CT molecular complexity index is 837. The zero-order chi connectivity index (χ0) is 20.9. The molecule has 1 aliphatic heterocycles. The Balaban J connectivity index is 2.17. The van der Waals surface area contributed by atoms with Crippen LogP contribution >= 0.6 is 7.60 Å². The summed E-state index contributed by atoms with van der Waals surface area (Å²) < 4.78 is 30.1. The number of carbonyl (C=O) groups excluding carboxylic acids is 1. The predicted molar refractivity (Wildman–Crippen MR) is 110 cm³/mol. The largest absolute Gasteiger partial charge is 0.467 e. The van der Waals surface area contributed by atoms with Gasteiger partial charge in [0, 0.05) is 0 Å². The number of rotatable bonds is 8. The Morgan fingerprint density at radius 2 is 1.55 bits per heavy atom. The first kappa shape index (κ1) is 21.5. The van der Waals surface area contributed by atoms with Crippen molar-refractivity contribution in [2.75, 3.05) is 25.4 Å². The van der Waals surface area contributed by atoms with Crippen molar-refractivity contribution < 1.29 is 28.0 Å². The maximum Gasteiger partial charge on any atom is 0.339 e. The normalized spacial score (nSPS) is 21.9. The smallest absolute Gasteiger partial charge is 0.339 e. The molecule has 1 fully saturated rings. The van der Waals surface area contributed by atoms with E-state index < -0.39 is 31.4 Å². The summed E-state index contributed by atoms with van der Waals surface area (Å²) in [5, 5.41) is 1.60. The van der Waals surface area contributed by atoms with Gasteiger partial charge < -0.3 is 13.8 Å². The van der Waals surface area contributed by atoms with E-state index in [1.807, 2.05) is 60.7 Å². The minimum Gasteiger partial charge on any atom is -0.467 e. The second kappa shape index (κ2) is 9.55. The van der Waals surface area contributed by atoms with Gasteiger partial charge in [0.05, 0.1) is 32.1 Å². The molecule has 156 valence electrons. The monoisotopic (exact) mass is 419 g/mol. The molecule has 0 aliphatic carbocycles. The maximum atomic E-state index is 13.8. The molecule has 1 saturated heterocycles. The highest BCUT2D eigenvalue weighted by atomic mass is 31.2. The number of esters is 1. The van der Waals surface area contributed by atoms with Gasteiger partial charge in [0.2, 0.25) is 0 Å². The van der Waals surface area contributed by atoms with E-state index in [1.54, 1.807) is 18.9 Å². The lowest BCUT2D eigenvalue weighted by Gasteiger charge is -2.31. The van der Waals surface area contributed by atoms with Gasteiger partial charge in [-0.2, -0.15) is 0 Å². The second-order valence-corrected chi connectivity index (χ2v) is 8.62. The number of hydroxylamine groups is 1. The van der Waals surface area contributed by atoms with E-state index in [9.17, 15) is 9.36 Å². The molecule has 0 amide bonds. The number of methoxy groups -OCH3 is 1. The van der Waals surface area contributed by atoms with Crippen LogP contribution < -0.4 is 5.06 Å². The summed E-state index contributed by atoms with van der Waals surface area (Å²) >= 11 is 0. The molecule has 0 saturated carbocycles. The molecule has 0 aromatic heterocycles. The summed E-state index contributed by atoms with van der Waals surface area (Å²) in [7, 11) is -2.46. The first-order valence-corrected chi connectivity index (χ1v) is 11.2. The van der Waals surface area contributed by atoms with E-state index in [-0.39, 0.29) is 13.2 Å². The molecule has 3 rings (SSSR count). The average Bonchev–Trinajstić information content (AvgIpc) is 3.16. The maximum absolute atomic E-state index is 13.8. The molecule has 1 aliphatic rings. The van der Waals surface area contributed by atoms with Crippen LogP contribution in [0, 0.1) is 0 Å². The van der Waals surface area contributed by atoms with Crippen LogP contribution in [-0.4, -0.2) is 38.1 Å². The Kier molecular flexibility index (Phi) is 7.09. The van der Waals surface area contributed by atoms with Gasteiger partial charge in [0.1, 0.15) is 5.66 Å². The van der Waals surface area contributed by atoms with Gasteiger partial charge in [-0.25, -0.2) is 9.86 Å². The molecule has 0 unspecified atom stereocenters. The number of hydrogen-bond donors (Lipinski definition) is 0. The van der Waals surface area contributed by atoms with E-state index in [0.29, 0.717) is 0 Å². The Labute approximate surface area is 171 Å². The van der Waals surface area contributed by atoms with E-state index in [4.69, 9.17) is 18.6 Å². The summed E-state index contributed by atoms with van der Waals surface area (Å²) in [4.78, 5) is 18.7. The topological polar surface area (TPSA) is 74.3 Å². The van der Waals surface area contributed by atoms with E-state index in [2.05, 4.69) is 0 Å². The zero-order valence-corrected chi connectivity index (χ0v) is 17.7. The van der Waals surface area contributed by atoms with Crippen molar-refractivity contribution in [1.82, 2.24) is 0 Å². The third-order valence-electron chi connectivity index (χ3n) is 4.68. The van der Waals surface area contributed by atoms with E-state index >= 15 is 0 Å². The lowest BCUT2D eigenvalue weighted by molar-refractivity contribution is -0.151. The number of carbonyl (C=O) groups is 1. The van der Waals surface area contributed by atoms with Gasteiger partial charge >= 0.3 is 13.6 Å². The molecule has 1 heterocycles. The summed E-state index contributed by atoms with van der Waals surface area (Å²) in [6.45, 7) is 3.82. The molecule has 0 radical (unpaired) electrons. The average molecular weight is 419 g/mol. The van der Waals surface area contributed by atoms with Crippen LogP contribution in [0.3, 0.4) is 0 Å². The van der Waals surface area contributed by atoms with Crippen LogP contribution in [0.4, 0.5) is 5.69 Å². The number of nitrogens with zero attached hydrogens (tertiary/aromatic N) is 1. The number of hydrogen-bond acceptors (Lipinski definition) is 7. The standard InChI is InChI=1S/C21H26NO6P/c1-4-26-29(24,27-5-2)20-18(16-12-8-6-9-13-16)22(17-14-10-7-11-15-17)28-19(20)21(23)25-3/h6-15,18-20H,4-5H2,1-3H3/t18-,19-,20-/m1/s1. The SMILES string of the molecule is CCOP(=O)(OCC)[C@@H]1[C@@H](c2ccccc2)N(c2ccccc2)O[C@H]1C(=O)OC. The number of ether oxygens (including phenoxy) is 1. The number of benzene rings is 2. The van der Waals surface area contributed by atoms with Crippen molar-refractivity contribution in [3.63, 3.8) is 0 Å². The molecule has 3 atom stereocenters. The van der Waals surface area contributed by atoms with Crippen molar-refractivity contribution in [2.45, 2.75) is 31.7 Å². The van der Waals surface area contributed by atoms with Crippen LogP contribution in [0.1, 0.15) is 25.5 Å². The van der Waals surface area contributed by atoms with Crippen molar-refractivity contribution >= 4 is 19.3 Å². The van der Waals surface area contributed by atoms with Crippen molar-refractivity contribution in [1.29, 1.82) is 0 Å². The fraction of sp³-hybridized carbons (Fsp3) is 0.381. The van der Waals surface area contributed by atoms with Crippen LogP contribution in [-0.2, 0) is 28.0 Å². The Hall–Kier alpha value is -2.18. The molecule has 29 heavy (non-hydrogen) atoms. The predicted octanol–water partition coefficient (Wildman–Crippen LogP) is 4.36. The van der Waals surface area contributed by atoms with Crippen LogP contribution in [0.2, 0.25) is 0 Å². The quantitative estimate of drug-likeness (QED) is 0.465. The molecule has 0 spiro atoms. The van der Waals surface area contributed by atoms with Crippen LogP contribution in [0.25, 0.3) is 0 Å². The molecule has 2 aromatic carbocycles. The lowest BCUT2D eigenvalue weighted by Crippen LogP contribution is -2.35. The van der Waals surface area contributed by atoms with Gasteiger partial charge in [-0.3, -0.25) is 9.40 Å². The highest BCUT2D eigenvalue weighted by Crippen LogP contribution is 2.62. The first-order chi connectivity index (χ1) is 14.1. The highest BCUT2D eigenvalue weighted by Gasteiger charge is 2.58. The van der Waals surface area contributed by atoms with Crippen molar-refractivity contribution in [2.24, 2.45) is 0 Å². The van der Waals surface area contributed by atoms with Gasteiger partial charge in [0.25, 0.3) is 0 Å². The molecular formula is C21H26NO6P. The van der Waals surface area contributed by atoms with Crippen molar-refractivity contribution in [3.8, 4) is 0 Å². The Morgan fingerprint density at radius 3 is 2.07 bits per heavy atom. The fourth-order valence-corrected chi connectivity index (χ4v) is 5.83. The Morgan fingerprint density at radius 1 is 1.00 bits per heavy atom.